The van der Waals surface area contributed by atoms with Crippen LogP contribution in [0.4, 0.5) is 4.79 Å². The number of carboxylic acids is 1. The van der Waals surface area contributed by atoms with Gasteiger partial charge in [0.25, 0.3) is 0 Å². The SMILES string of the molecule is CCN(CCOc1cccc(CC(=O)O)c1)C(=O)OC(C)(C)C. The summed E-state index contributed by atoms with van der Waals surface area (Å²) in [5, 5.41) is 8.79. The Morgan fingerprint density at radius 2 is 1.96 bits per heavy atom. The third-order valence-electron chi connectivity index (χ3n) is 2.92. The zero-order valence-corrected chi connectivity index (χ0v) is 14.2. The van der Waals surface area contributed by atoms with E-state index in [4.69, 9.17) is 14.6 Å². The molecule has 6 heteroatoms. The number of carbonyl (C=O) groups is 2. The number of carbonyl (C=O) groups excluding carboxylic acids is 1. The fraction of sp³-hybridized carbons (Fsp3) is 0.529. The smallest absolute Gasteiger partial charge is 0.410 e. The zero-order chi connectivity index (χ0) is 17.5. The number of aliphatic carboxylic acids is 1. The van der Waals surface area contributed by atoms with Crippen molar-refractivity contribution in [3.8, 4) is 5.75 Å². The predicted molar refractivity (Wildman–Crippen MR) is 86.8 cm³/mol. The van der Waals surface area contributed by atoms with Gasteiger partial charge in [-0.3, -0.25) is 4.79 Å². The number of hydrogen-bond donors (Lipinski definition) is 1. The van der Waals surface area contributed by atoms with E-state index in [0.717, 1.165) is 0 Å². The van der Waals surface area contributed by atoms with Gasteiger partial charge in [-0.1, -0.05) is 12.1 Å². The first kappa shape index (κ1) is 18.8. The monoisotopic (exact) mass is 323 g/mol. The molecule has 1 amide bonds. The summed E-state index contributed by atoms with van der Waals surface area (Å²) < 4.78 is 10.9. The first-order valence-electron chi connectivity index (χ1n) is 7.62. The lowest BCUT2D eigenvalue weighted by Crippen LogP contribution is -2.38. The van der Waals surface area contributed by atoms with Gasteiger partial charge in [0.1, 0.15) is 18.0 Å². The molecular formula is C17H25NO5. The Morgan fingerprint density at radius 3 is 2.52 bits per heavy atom. The molecule has 0 aliphatic heterocycles. The van der Waals surface area contributed by atoms with Crippen LogP contribution in [0.25, 0.3) is 0 Å². The van der Waals surface area contributed by atoms with E-state index in [0.29, 0.717) is 31.0 Å². The van der Waals surface area contributed by atoms with Crippen molar-refractivity contribution in [3.05, 3.63) is 29.8 Å². The Morgan fingerprint density at radius 1 is 1.26 bits per heavy atom. The van der Waals surface area contributed by atoms with E-state index in [1.807, 2.05) is 27.7 Å². The molecule has 23 heavy (non-hydrogen) atoms. The number of ether oxygens (including phenoxy) is 2. The molecular weight excluding hydrogens is 298 g/mol. The van der Waals surface area contributed by atoms with Gasteiger partial charge in [-0.05, 0) is 45.4 Å². The number of likely N-dealkylation sites (N-methyl/N-ethyl adjacent to an activating group) is 1. The molecule has 0 atom stereocenters. The molecule has 0 aliphatic rings. The highest BCUT2D eigenvalue weighted by atomic mass is 16.6. The van der Waals surface area contributed by atoms with E-state index in [1.165, 1.54) is 0 Å². The Kier molecular flexibility index (Phi) is 6.88. The predicted octanol–water partition coefficient (Wildman–Crippen LogP) is 2.95. The lowest BCUT2D eigenvalue weighted by atomic mass is 10.1. The second kappa shape index (κ2) is 8.41. The van der Waals surface area contributed by atoms with Crippen LogP contribution in [-0.4, -0.2) is 47.4 Å². The highest BCUT2D eigenvalue weighted by Gasteiger charge is 2.20. The van der Waals surface area contributed by atoms with E-state index in [1.54, 1.807) is 29.2 Å². The summed E-state index contributed by atoms with van der Waals surface area (Å²) in [4.78, 5) is 24.3. The van der Waals surface area contributed by atoms with Crippen LogP contribution in [0.2, 0.25) is 0 Å². The number of benzene rings is 1. The van der Waals surface area contributed by atoms with Gasteiger partial charge in [0.2, 0.25) is 0 Å². The maximum absolute atomic E-state index is 12.0. The molecule has 128 valence electrons. The van der Waals surface area contributed by atoms with Crippen molar-refractivity contribution < 1.29 is 24.2 Å². The zero-order valence-electron chi connectivity index (χ0n) is 14.2. The first-order chi connectivity index (χ1) is 10.7. The third-order valence-corrected chi connectivity index (χ3v) is 2.92. The minimum Gasteiger partial charge on any atom is -0.492 e. The van der Waals surface area contributed by atoms with Gasteiger partial charge in [-0.2, -0.15) is 0 Å². The van der Waals surface area contributed by atoms with Crippen LogP contribution in [0, 0.1) is 0 Å². The Hall–Kier alpha value is -2.24. The lowest BCUT2D eigenvalue weighted by Gasteiger charge is -2.26. The fourth-order valence-corrected chi connectivity index (χ4v) is 1.90. The van der Waals surface area contributed by atoms with E-state index < -0.39 is 11.6 Å². The minimum atomic E-state index is -0.885. The highest BCUT2D eigenvalue weighted by molar-refractivity contribution is 5.70. The van der Waals surface area contributed by atoms with Gasteiger partial charge in [-0.25, -0.2) is 4.79 Å². The van der Waals surface area contributed by atoms with Crippen LogP contribution < -0.4 is 4.74 Å². The maximum atomic E-state index is 12.0. The molecule has 0 fully saturated rings. The summed E-state index contributed by atoms with van der Waals surface area (Å²) in [5.41, 5.74) is 0.144. The second-order valence-corrected chi connectivity index (χ2v) is 6.13. The molecule has 0 spiro atoms. The average Bonchev–Trinajstić information content (AvgIpc) is 2.41. The van der Waals surface area contributed by atoms with Gasteiger partial charge >= 0.3 is 12.1 Å². The molecule has 1 aromatic rings. The van der Waals surface area contributed by atoms with E-state index in [-0.39, 0.29) is 12.5 Å². The van der Waals surface area contributed by atoms with Gasteiger partial charge in [0, 0.05) is 6.54 Å². The molecule has 0 heterocycles. The van der Waals surface area contributed by atoms with E-state index in [2.05, 4.69) is 0 Å². The topological polar surface area (TPSA) is 76.1 Å². The standard InChI is InChI=1S/C17H25NO5/c1-5-18(16(21)23-17(2,3)4)9-10-22-14-8-6-7-13(11-14)12-15(19)20/h6-8,11H,5,9-10,12H2,1-4H3,(H,19,20). The Balaban J connectivity index is 2.51. The first-order valence-corrected chi connectivity index (χ1v) is 7.62. The average molecular weight is 323 g/mol. The third kappa shape index (κ3) is 7.54. The summed E-state index contributed by atoms with van der Waals surface area (Å²) in [7, 11) is 0. The van der Waals surface area contributed by atoms with Gasteiger partial charge in [-0.15, -0.1) is 0 Å². The van der Waals surface area contributed by atoms with Gasteiger partial charge < -0.3 is 19.5 Å². The summed E-state index contributed by atoms with van der Waals surface area (Å²) in [6.07, 6.45) is -0.417. The van der Waals surface area contributed by atoms with Crippen molar-refractivity contribution in [1.82, 2.24) is 4.90 Å². The molecule has 1 rings (SSSR count). The van der Waals surface area contributed by atoms with Crippen molar-refractivity contribution >= 4 is 12.1 Å². The maximum Gasteiger partial charge on any atom is 0.410 e. The highest BCUT2D eigenvalue weighted by Crippen LogP contribution is 2.14. The molecule has 0 bridgehead atoms. The van der Waals surface area contributed by atoms with Gasteiger partial charge in [0.05, 0.1) is 13.0 Å². The molecule has 0 radical (unpaired) electrons. The van der Waals surface area contributed by atoms with Crippen LogP contribution in [0.3, 0.4) is 0 Å². The van der Waals surface area contributed by atoms with Crippen molar-refractivity contribution in [2.24, 2.45) is 0 Å². The normalized spacial score (nSPS) is 11.0. The quantitative estimate of drug-likeness (QED) is 0.835. The number of rotatable bonds is 7. The van der Waals surface area contributed by atoms with Crippen LogP contribution >= 0.6 is 0 Å². The summed E-state index contributed by atoms with van der Waals surface area (Å²) >= 11 is 0. The fourth-order valence-electron chi connectivity index (χ4n) is 1.90. The molecule has 0 aliphatic carbocycles. The number of amides is 1. The largest absolute Gasteiger partial charge is 0.492 e. The Bertz CT molecular complexity index is 536. The van der Waals surface area contributed by atoms with Crippen LogP contribution in [-0.2, 0) is 16.0 Å². The summed E-state index contributed by atoms with van der Waals surface area (Å²) in [6.45, 7) is 8.57. The van der Waals surface area contributed by atoms with E-state index >= 15 is 0 Å². The molecule has 0 aromatic heterocycles. The molecule has 1 N–H and O–H groups in total. The minimum absolute atomic E-state index is 0.0454. The number of carboxylic acid groups (broad SMARTS) is 1. The molecule has 6 nitrogen and oxygen atoms in total. The lowest BCUT2D eigenvalue weighted by molar-refractivity contribution is -0.136. The van der Waals surface area contributed by atoms with Crippen molar-refractivity contribution in [3.63, 3.8) is 0 Å². The van der Waals surface area contributed by atoms with Gasteiger partial charge in [0.15, 0.2) is 0 Å². The molecule has 0 saturated carbocycles. The molecule has 0 saturated heterocycles. The summed E-state index contributed by atoms with van der Waals surface area (Å²) in [6, 6.07) is 6.94. The van der Waals surface area contributed by atoms with Crippen molar-refractivity contribution in [2.45, 2.75) is 39.7 Å². The summed E-state index contributed by atoms with van der Waals surface area (Å²) in [5.74, 6) is -0.298. The molecule has 0 unspecified atom stereocenters. The van der Waals surface area contributed by atoms with Crippen molar-refractivity contribution in [2.75, 3.05) is 19.7 Å². The molecule has 1 aromatic carbocycles. The number of nitrogens with zero attached hydrogens (tertiary/aromatic N) is 1. The second-order valence-electron chi connectivity index (χ2n) is 6.13. The Labute approximate surface area is 137 Å². The van der Waals surface area contributed by atoms with Crippen LogP contribution in [0.5, 0.6) is 5.75 Å². The van der Waals surface area contributed by atoms with Crippen LogP contribution in [0.15, 0.2) is 24.3 Å². The number of hydrogen-bond acceptors (Lipinski definition) is 4. The van der Waals surface area contributed by atoms with Crippen molar-refractivity contribution in [1.29, 1.82) is 0 Å². The van der Waals surface area contributed by atoms with Crippen LogP contribution in [0.1, 0.15) is 33.3 Å². The van der Waals surface area contributed by atoms with E-state index in [9.17, 15) is 9.59 Å².